The predicted octanol–water partition coefficient (Wildman–Crippen LogP) is 4.92. The highest BCUT2D eigenvalue weighted by Crippen LogP contribution is 2.46. The molecule has 0 saturated heterocycles. The standard InChI is InChI=1S/C31H37ClN2O5/c1-21-28(35)33(2)15-6-4-3-5-7-16-34-19-30(14-8-9-22-17-24(32)11-12-25(22)30)20-39-27-13-10-23(18-26(27)34)31(21,38)29(36)37/h4,6,10-13,17-18,21,38H,3,5,7-9,14-16,19-20H2,1-2H3,(H,36,37)/b6-4-/t21-,30+,31+/m1/s1. The second kappa shape index (κ2) is 10.9. The number of allylic oxidation sites excluding steroid dienone is 1. The summed E-state index contributed by atoms with van der Waals surface area (Å²) < 4.78 is 6.48. The average molecular weight is 553 g/mol. The van der Waals surface area contributed by atoms with Gasteiger partial charge in [0.25, 0.3) is 0 Å². The highest BCUT2D eigenvalue weighted by molar-refractivity contribution is 6.30. The molecule has 0 unspecified atom stereocenters. The number of carbonyl (C=O) groups excluding carboxylic acids is 1. The highest BCUT2D eigenvalue weighted by atomic mass is 35.5. The Kier molecular flexibility index (Phi) is 7.66. The lowest BCUT2D eigenvalue weighted by Gasteiger charge is -2.41. The molecule has 2 aliphatic heterocycles. The molecule has 1 amide bonds. The number of benzene rings is 2. The van der Waals surface area contributed by atoms with Crippen molar-refractivity contribution >= 4 is 29.2 Å². The first-order chi connectivity index (χ1) is 18.7. The molecule has 8 heteroatoms. The Hall–Kier alpha value is -3.03. The number of aryl methyl sites for hydroxylation is 1. The maximum Gasteiger partial charge on any atom is 0.341 e. The largest absolute Gasteiger partial charge is 0.490 e. The van der Waals surface area contributed by atoms with Crippen LogP contribution in [0.5, 0.6) is 5.75 Å². The summed E-state index contributed by atoms with van der Waals surface area (Å²) in [6.45, 7) is 3.80. The highest BCUT2D eigenvalue weighted by Gasteiger charge is 2.49. The van der Waals surface area contributed by atoms with Crippen LogP contribution in [0.3, 0.4) is 0 Å². The van der Waals surface area contributed by atoms with E-state index < -0.39 is 23.4 Å². The summed E-state index contributed by atoms with van der Waals surface area (Å²) in [6, 6.07) is 11.2. The van der Waals surface area contributed by atoms with Crippen LogP contribution in [-0.4, -0.2) is 60.3 Å². The third-order valence-electron chi connectivity index (χ3n) is 8.77. The molecule has 2 bridgehead atoms. The minimum atomic E-state index is -2.39. The van der Waals surface area contributed by atoms with Gasteiger partial charge < -0.3 is 24.7 Å². The Morgan fingerprint density at radius 2 is 1.95 bits per heavy atom. The van der Waals surface area contributed by atoms with Gasteiger partial charge in [-0.05, 0) is 86.4 Å². The molecule has 1 aliphatic carbocycles. The normalized spacial score (nSPS) is 28.5. The Balaban J connectivity index is 1.61. The van der Waals surface area contributed by atoms with Crippen molar-refractivity contribution in [3.8, 4) is 5.75 Å². The number of likely N-dealkylation sites (N-methyl/N-ethyl adjacent to an activating group) is 1. The maximum atomic E-state index is 13.2. The topological polar surface area (TPSA) is 90.3 Å². The fourth-order valence-corrected chi connectivity index (χ4v) is 6.66. The van der Waals surface area contributed by atoms with E-state index in [4.69, 9.17) is 16.3 Å². The van der Waals surface area contributed by atoms with Gasteiger partial charge in [-0.1, -0.05) is 35.9 Å². The SMILES string of the molecule is C[C@@H]1C(=O)N(C)C/C=C\CCCCN2C[C@@]3(CCCc4cc(Cl)ccc43)COc3ccc(cc32)[C@]1(O)C(=O)O. The number of anilines is 1. The van der Waals surface area contributed by atoms with Gasteiger partial charge >= 0.3 is 5.97 Å². The summed E-state index contributed by atoms with van der Waals surface area (Å²) in [7, 11) is 1.63. The van der Waals surface area contributed by atoms with Crippen molar-refractivity contribution in [3.05, 3.63) is 70.3 Å². The third-order valence-corrected chi connectivity index (χ3v) is 9.01. The van der Waals surface area contributed by atoms with Crippen LogP contribution >= 0.6 is 11.6 Å². The number of ether oxygens (including phenoxy) is 1. The molecule has 2 aromatic rings. The van der Waals surface area contributed by atoms with Gasteiger partial charge in [0.05, 0.1) is 18.2 Å². The van der Waals surface area contributed by atoms with Gasteiger partial charge in [-0.3, -0.25) is 4.79 Å². The van der Waals surface area contributed by atoms with Gasteiger partial charge in [-0.25, -0.2) is 4.79 Å². The Morgan fingerprint density at radius 1 is 1.13 bits per heavy atom. The summed E-state index contributed by atoms with van der Waals surface area (Å²) in [5, 5.41) is 22.6. The van der Waals surface area contributed by atoms with Crippen LogP contribution in [0.4, 0.5) is 5.69 Å². The summed E-state index contributed by atoms with van der Waals surface area (Å²) in [5.74, 6) is -2.42. The second-order valence-electron chi connectivity index (χ2n) is 11.3. The minimum Gasteiger partial charge on any atom is -0.490 e. The van der Waals surface area contributed by atoms with Crippen molar-refractivity contribution in [3.63, 3.8) is 0 Å². The molecule has 0 saturated carbocycles. The second-order valence-corrected chi connectivity index (χ2v) is 11.7. The van der Waals surface area contributed by atoms with Gasteiger partial charge in [0.2, 0.25) is 5.91 Å². The maximum absolute atomic E-state index is 13.2. The number of rotatable bonds is 1. The number of aliphatic hydroxyl groups is 1. The molecule has 3 aliphatic rings. The molecule has 0 aromatic heterocycles. The van der Waals surface area contributed by atoms with Crippen molar-refractivity contribution in [1.82, 2.24) is 4.90 Å². The number of hydrogen-bond donors (Lipinski definition) is 2. The molecule has 2 N–H and O–H groups in total. The van der Waals surface area contributed by atoms with E-state index in [1.165, 1.54) is 23.0 Å². The third kappa shape index (κ3) is 5.03. The lowest BCUT2D eigenvalue weighted by Crippen LogP contribution is -2.49. The van der Waals surface area contributed by atoms with E-state index in [0.717, 1.165) is 55.8 Å². The van der Waals surface area contributed by atoms with Gasteiger partial charge in [0.15, 0.2) is 5.60 Å². The molecule has 7 nitrogen and oxygen atoms in total. The van der Waals surface area contributed by atoms with Gasteiger partial charge in [0, 0.05) is 37.1 Å². The van der Waals surface area contributed by atoms with Crippen molar-refractivity contribution in [2.24, 2.45) is 5.92 Å². The zero-order valence-corrected chi connectivity index (χ0v) is 23.4. The number of aliphatic carboxylic acids is 1. The molecule has 2 heterocycles. The molecule has 208 valence electrons. The lowest BCUT2D eigenvalue weighted by molar-refractivity contribution is -0.172. The van der Waals surface area contributed by atoms with Crippen molar-refractivity contribution in [2.75, 3.05) is 38.2 Å². The lowest BCUT2D eigenvalue weighted by atomic mass is 9.70. The number of nitrogens with zero attached hydrogens (tertiary/aromatic N) is 2. The van der Waals surface area contributed by atoms with E-state index in [2.05, 4.69) is 23.1 Å². The van der Waals surface area contributed by atoms with E-state index in [1.54, 1.807) is 25.2 Å². The van der Waals surface area contributed by atoms with Crippen LogP contribution in [0.25, 0.3) is 0 Å². The number of carboxylic acid groups (broad SMARTS) is 1. The van der Waals surface area contributed by atoms with E-state index in [-0.39, 0.29) is 11.0 Å². The molecule has 0 fully saturated rings. The van der Waals surface area contributed by atoms with Crippen molar-refractivity contribution in [2.45, 2.75) is 56.5 Å². The van der Waals surface area contributed by atoms with Crippen molar-refractivity contribution < 1.29 is 24.5 Å². The fraction of sp³-hybridized carbons (Fsp3) is 0.484. The number of fused-ring (bicyclic) bond motifs is 3. The van der Waals surface area contributed by atoms with Crippen LogP contribution in [0.1, 0.15) is 55.7 Å². The summed E-state index contributed by atoms with van der Waals surface area (Å²) in [4.78, 5) is 29.5. The number of carbonyl (C=O) groups is 2. The molecule has 0 radical (unpaired) electrons. The molecule has 5 rings (SSSR count). The summed E-state index contributed by atoms with van der Waals surface area (Å²) in [6.07, 6.45) is 9.79. The number of hydrogen-bond acceptors (Lipinski definition) is 5. The van der Waals surface area contributed by atoms with E-state index >= 15 is 0 Å². The smallest absolute Gasteiger partial charge is 0.341 e. The number of carboxylic acids is 1. The van der Waals surface area contributed by atoms with E-state index in [1.807, 2.05) is 12.1 Å². The zero-order valence-electron chi connectivity index (χ0n) is 22.7. The number of amides is 1. The zero-order chi connectivity index (χ0) is 27.8. The Labute approximate surface area is 235 Å². The predicted molar refractivity (Wildman–Crippen MR) is 152 cm³/mol. The Bertz CT molecular complexity index is 1300. The van der Waals surface area contributed by atoms with Crippen molar-refractivity contribution in [1.29, 1.82) is 0 Å². The van der Waals surface area contributed by atoms with Gasteiger partial charge in [-0.2, -0.15) is 0 Å². The van der Waals surface area contributed by atoms with E-state index in [0.29, 0.717) is 25.4 Å². The molecule has 1 spiro atoms. The quantitative estimate of drug-likeness (QED) is 0.488. The first-order valence-electron chi connectivity index (χ1n) is 13.8. The first kappa shape index (κ1) is 27.5. The average Bonchev–Trinajstić information content (AvgIpc) is 3.07. The van der Waals surface area contributed by atoms with Crippen LogP contribution in [-0.2, 0) is 27.0 Å². The Morgan fingerprint density at radius 3 is 2.74 bits per heavy atom. The molecule has 2 aromatic carbocycles. The molecular weight excluding hydrogens is 516 g/mol. The summed E-state index contributed by atoms with van der Waals surface area (Å²) in [5.41, 5.74) is 0.805. The fourth-order valence-electron chi connectivity index (χ4n) is 6.46. The van der Waals surface area contributed by atoms with Crippen LogP contribution in [0.15, 0.2) is 48.6 Å². The summed E-state index contributed by atoms with van der Waals surface area (Å²) >= 11 is 6.35. The van der Waals surface area contributed by atoms with E-state index in [9.17, 15) is 19.8 Å². The van der Waals surface area contributed by atoms with Gasteiger partial charge in [-0.15, -0.1) is 0 Å². The van der Waals surface area contributed by atoms with Crippen LogP contribution < -0.4 is 9.64 Å². The molecular formula is C31H37ClN2O5. The number of halogens is 1. The van der Waals surface area contributed by atoms with Gasteiger partial charge in [0.1, 0.15) is 5.75 Å². The minimum absolute atomic E-state index is 0.175. The first-order valence-corrected chi connectivity index (χ1v) is 14.2. The monoisotopic (exact) mass is 552 g/mol. The molecule has 3 atom stereocenters. The van der Waals surface area contributed by atoms with Crippen LogP contribution in [0.2, 0.25) is 5.02 Å². The molecule has 39 heavy (non-hydrogen) atoms. The van der Waals surface area contributed by atoms with Crippen LogP contribution in [0, 0.1) is 5.92 Å².